The van der Waals surface area contributed by atoms with Gasteiger partial charge in [-0.2, -0.15) is 0 Å². The smallest absolute Gasteiger partial charge is 0.162 e. The third-order valence-corrected chi connectivity index (χ3v) is 3.27. The Morgan fingerprint density at radius 2 is 2.06 bits per heavy atom. The van der Waals surface area contributed by atoms with Crippen molar-refractivity contribution in [1.82, 2.24) is 5.32 Å². The van der Waals surface area contributed by atoms with E-state index in [-0.39, 0.29) is 5.60 Å². The second kappa shape index (κ2) is 4.96. The number of ether oxygens (including phenoxy) is 2. The first-order chi connectivity index (χ1) is 8.23. The molecule has 1 aliphatic carbocycles. The average Bonchev–Trinajstić information content (AvgIpc) is 3.10. The Kier molecular flexibility index (Phi) is 3.57. The number of benzene rings is 1. The zero-order valence-electron chi connectivity index (χ0n) is 10.9. The van der Waals surface area contributed by atoms with Gasteiger partial charge in [0, 0.05) is 6.54 Å². The van der Waals surface area contributed by atoms with Crippen LogP contribution in [-0.4, -0.2) is 26.3 Å². The molecular formula is C14H21NO2. The second-order valence-electron chi connectivity index (χ2n) is 4.65. The van der Waals surface area contributed by atoms with Crippen molar-refractivity contribution in [3.05, 3.63) is 23.8 Å². The molecular weight excluding hydrogens is 214 g/mol. The van der Waals surface area contributed by atoms with E-state index in [0.717, 1.165) is 37.3 Å². The third-order valence-electron chi connectivity index (χ3n) is 3.27. The average molecular weight is 235 g/mol. The molecule has 1 N–H and O–H groups in total. The molecule has 1 fully saturated rings. The lowest BCUT2D eigenvalue weighted by atomic mass is 10.1. The van der Waals surface area contributed by atoms with E-state index in [0.29, 0.717) is 0 Å². The van der Waals surface area contributed by atoms with E-state index in [4.69, 9.17) is 9.47 Å². The zero-order chi connectivity index (χ0) is 12.3. The number of methoxy groups -OCH3 is 1. The standard InChI is InChI=1S/C14H21NO2/c1-4-11-5-6-12(13(9-11)16-3)17-14(7-8-14)10-15-2/h5-6,9,15H,4,7-8,10H2,1-3H3. The molecule has 1 saturated carbocycles. The maximum atomic E-state index is 6.09. The van der Waals surface area contributed by atoms with Gasteiger partial charge >= 0.3 is 0 Å². The van der Waals surface area contributed by atoms with Gasteiger partial charge in [-0.3, -0.25) is 0 Å². The highest BCUT2D eigenvalue weighted by Crippen LogP contribution is 2.42. The van der Waals surface area contributed by atoms with E-state index < -0.39 is 0 Å². The Morgan fingerprint density at radius 3 is 2.59 bits per heavy atom. The van der Waals surface area contributed by atoms with Crippen LogP contribution in [0.5, 0.6) is 11.5 Å². The summed E-state index contributed by atoms with van der Waals surface area (Å²) in [5.74, 6) is 1.70. The minimum absolute atomic E-state index is 0.00421. The molecule has 1 aliphatic rings. The van der Waals surface area contributed by atoms with Crippen LogP contribution in [0.2, 0.25) is 0 Å². The van der Waals surface area contributed by atoms with Gasteiger partial charge < -0.3 is 14.8 Å². The molecule has 3 heteroatoms. The van der Waals surface area contributed by atoms with Crippen LogP contribution < -0.4 is 14.8 Å². The number of likely N-dealkylation sites (N-methyl/N-ethyl adjacent to an activating group) is 1. The largest absolute Gasteiger partial charge is 0.493 e. The van der Waals surface area contributed by atoms with Crippen LogP contribution in [0.1, 0.15) is 25.3 Å². The van der Waals surface area contributed by atoms with E-state index in [1.165, 1.54) is 5.56 Å². The first kappa shape index (κ1) is 12.2. The molecule has 0 atom stereocenters. The van der Waals surface area contributed by atoms with Gasteiger partial charge in [0.1, 0.15) is 5.60 Å². The van der Waals surface area contributed by atoms with Crippen molar-refractivity contribution in [1.29, 1.82) is 0 Å². The van der Waals surface area contributed by atoms with Crippen LogP contribution in [0.15, 0.2) is 18.2 Å². The van der Waals surface area contributed by atoms with Gasteiger partial charge in [0.05, 0.1) is 7.11 Å². The van der Waals surface area contributed by atoms with Gasteiger partial charge in [0.15, 0.2) is 11.5 Å². The fraction of sp³-hybridized carbons (Fsp3) is 0.571. The summed E-state index contributed by atoms with van der Waals surface area (Å²) in [6.07, 6.45) is 3.25. The van der Waals surface area contributed by atoms with Gasteiger partial charge in [-0.05, 0) is 44.0 Å². The molecule has 0 unspecified atom stereocenters. The number of hydrogen-bond acceptors (Lipinski definition) is 3. The van der Waals surface area contributed by atoms with Crippen LogP contribution in [0.3, 0.4) is 0 Å². The van der Waals surface area contributed by atoms with E-state index in [1.807, 2.05) is 13.1 Å². The van der Waals surface area contributed by atoms with Crippen molar-refractivity contribution in [3.8, 4) is 11.5 Å². The van der Waals surface area contributed by atoms with Crippen LogP contribution in [-0.2, 0) is 6.42 Å². The molecule has 0 aromatic heterocycles. The number of nitrogens with one attached hydrogen (secondary N) is 1. The summed E-state index contributed by atoms with van der Waals surface area (Å²) in [6, 6.07) is 6.19. The number of aryl methyl sites for hydroxylation is 1. The Bertz CT molecular complexity index is 386. The van der Waals surface area contributed by atoms with E-state index in [9.17, 15) is 0 Å². The quantitative estimate of drug-likeness (QED) is 0.821. The van der Waals surface area contributed by atoms with Crippen molar-refractivity contribution >= 4 is 0 Å². The van der Waals surface area contributed by atoms with Crippen molar-refractivity contribution in [2.45, 2.75) is 31.8 Å². The number of rotatable bonds is 6. The van der Waals surface area contributed by atoms with Gasteiger partial charge in [-0.1, -0.05) is 13.0 Å². The highest BCUT2D eigenvalue weighted by atomic mass is 16.5. The fourth-order valence-electron chi connectivity index (χ4n) is 2.03. The molecule has 1 aromatic rings. The maximum absolute atomic E-state index is 6.09. The van der Waals surface area contributed by atoms with Gasteiger partial charge in [-0.25, -0.2) is 0 Å². The van der Waals surface area contributed by atoms with Gasteiger partial charge in [0.2, 0.25) is 0 Å². The SMILES string of the molecule is CCc1ccc(OC2(CNC)CC2)c(OC)c1. The van der Waals surface area contributed by atoms with Crippen molar-refractivity contribution < 1.29 is 9.47 Å². The topological polar surface area (TPSA) is 30.5 Å². The predicted octanol–water partition coefficient (Wildman–Crippen LogP) is 2.39. The minimum atomic E-state index is -0.00421. The number of hydrogen-bond donors (Lipinski definition) is 1. The maximum Gasteiger partial charge on any atom is 0.162 e. The van der Waals surface area contributed by atoms with Crippen LogP contribution in [0.4, 0.5) is 0 Å². The molecule has 0 saturated heterocycles. The highest BCUT2D eigenvalue weighted by molar-refractivity contribution is 5.43. The summed E-state index contributed by atoms with van der Waals surface area (Å²) in [5, 5.41) is 3.18. The molecule has 17 heavy (non-hydrogen) atoms. The van der Waals surface area contributed by atoms with Crippen molar-refractivity contribution in [3.63, 3.8) is 0 Å². The highest BCUT2D eigenvalue weighted by Gasteiger charge is 2.45. The van der Waals surface area contributed by atoms with E-state index >= 15 is 0 Å². The fourth-order valence-corrected chi connectivity index (χ4v) is 2.03. The first-order valence-corrected chi connectivity index (χ1v) is 6.23. The summed E-state index contributed by atoms with van der Waals surface area (Å²) in [4.78, 5) is 0. The van der Waals surface area contributed by atoms with E-state index in [1.54, 1.807) is 7.11 Å². The molecule has 0 spiro atoms. The second-order valence-corrected chi connectivity index (χ2v) is 4.65. The van der Waals surface area contributed by atoms with E-state index in [2.05, 4.69) is 24.4 Å². The molecule has 2 rings (SSSR count). The normalized spacial score (nSPS) is 16.6. The molecule has 0 heterocycles. The monoisotopic (exact) mass is 235 g/mol. The third kappa shape index (κ3) is 2.72. The summed E-state index contributed by atoms with van der Waals surface area (Å²) in [7, 11) is 3.65. The lowest BCUT2D eigenvalue weighted by Gasteiger charge is -2.19. The first-order valence-electron chi connectivity index (χ1n) is 6.23. The summed E-state index contributed by atoms with van der Waals surface area (Å²) < 4.78 is 11.5. The molecule has 0 radical (unpaired) electrons. The Hall–Kier alpha value is -1.22. The van der Waals surface area contributed by atoms with Crippen molar-refractivity contribution in [2.75, 3.05) is 20.7 Å². The Morgan fingerprint density at radius 1 is 1.29 bits per heavy atom. The van der Waals surface area contributed by atoms with Crippen LogP contribution in [0, 0.1) is 0 Å². The molecule has 94 valence electrons. The molecule has 1 aromatic carbocycles. The molecule has 3 nitrogen and oxygen atoms in total. The summed E-state index contributed by atoms with van der Waals surface area (Å²) in [5.41, 5.74) is 1.27. The Balaban J connectivity index is 2.15. The van der Waals surface area contributed by atoms with Crippen LogP contribution in [0.25, 0.3) is 0 Å². The van der Waals surface area contributed by atoms with Crippen molar-refractivity contribution in [2.24, 2.45) is 0 Å². The molecule has 0 amide bonds. The summed E-state index contributed by atoms with van der Waals surface area (Å²) >= 11 is 0. The predicted molar refractivity (Wildman–Crippen MR) is 68.9 cm³/mol. The summed E-state index contributed by atoms with van der Waals surface area (Å²) in [6.45, 7) is 3.03. The van der Waals surface area contributed by atoms with Gasteiger partial charge in [-0.15, -0.1) is 0 Å². The zero-order valence-corrected chi connectivity index (χ0v) is 10.9. The molecule has 0 aliphatic heterocycles. The van der Waals surface area contributed by atoms with Gasteiger partial charge in [0.25, 0.3) is 0 Å². The minimum Gasteiger partial charge on any atom is -0.493 e. The molecule has 0 bridgehead atoms. The Labute approximate surface area is 103 Å². The lowest BCUT2D eigenvalue weighted by Crippen LogP contribution is -2.31. The van der Waals surface area contributed by atoms with Crippen LogP contribution >= 0.6 is 0 Å². The lowest BCUT2D eigenvalue weighted by molar-refractivity contribution is 0.171.